The van der Waals surface area contributed by atoms with Crippen LogP contribution in [0.2, 0.25) is 0 Å². The molecule has 0 spiro atoms. The van der Waals surface area contributed by atoms with E-state index in [2.05, 4.69) is 10.3 Å². The van der Waals surface area contributed by atoms with Gasteiger partial charge in [-0.3, -0.25) is 9.78 Å². The van der Waals surface area contributed by atoms with Gasteiger partial charge in [-0.2, -0.15) is 13.2 Å². The summed E-state index contributed by atoms with van der Waals surface area (Å²) in [6.07, 6.45) is -0.725. The lowest BCUT2D eigenvalue weighted by molar-refractivity contribution is -0.124. The molecule has 0 aliphatic heterocycles. The number of allylic oxidation sites excluding steroid dienone is 2. The Morgan fingerprint density at radius 1 is 1.03 bits per heavy atom. The molecule has 176 valence electrons. The molecule has 1 amide bonds. The molecule has 3 nitrogen and oxygen atoms in total. The monoisotopic (exact) mass is 456 g/mol. The summed E-state index contributed by atoms with van der Waals surface area (Å²) in [6, 6.07) is 14.9. The summed E-state index contributed by atoms with van der Waals surface area (Å²) in [5.74, 6) is -0.227. The van der Waals surface area contributed by atoms with Crippen LogP contribution in [-0.2, 0) is 16.8 Å². The van der Waals surface area contributed by atoms with Crippen LogP contribution >= 0.6 is 0 Å². The van der Waals surface area contributed by atoms with Crippen LogP contribution in [0.25, 0.3) is 0 Å². The van der Waals surface area contributed by atoms with Crippen LogP contribution in [0.1, 0.15) is 57.0 Å². The number of pyridine rings is 1. The lowest BCUT2D eigenvalue weighted by Crippen LogP contribution is -2.50. The second-order valence-electron chi connectivity index (χ2n) is 9.88. The Labute approximate surface area is 193 Å². The average Bonchev–Trinajstić information content (AvgIpc) is 2.72. The SMILES string of the molecule is Cc1cccc(C(Cc2ccccc2)(NC(=O)CC(C)(C)C)C2=CCCC(C(F)(F)F)=C2)n1. The van der Waals surface area contributed by atoms with Gasteiger partial charge in [0.05, 0.1) is 5.69 Å². The Morgan fingerprint density at radius 3 is 2.33 bits per heavy atom. The third-order valence-corrected chi connectivity index (χ3v) is 5.65. The van der Waals surface area contributed by atoms with Gasteiger partial charge in [0.1, 0.15) is 5.54 Å². The molecule has 1 aromatic carbocycles. The molecule has 3 rings (SSSR count). The quantitative estimate of drug-likeness (QED) is 0.533. The minimum atomic E-state index is -4.42. The molecule has 0 bridgehead atoms. The summed E-state index contributed by atoms with van der Waals surface area (Å²) in [4.78, 5) is 17.9. The number of benzene rings is 1. The van der Waals surface area contributed by atoms with Gasteiger partial charge in [-0.05, 0) is 54.5 Å². The van der Waals surface area contributed by atoms with Crippen LogP contribution in [-0.4, -0.2) is 17.1 Å². The zero-order valence-corrected chi connectivity index (χ0v) is 19.6. The maximum atomic E-state index is 13.7. The molecule has 1 heterocycles. The second-order valence-corrected chi connectivity index (χ2v) is 9.88. The van der Waals surface area contributed by atoms with E-state index in [9.17, 15) is 18.0 Å². The van der Waals surface area contributed by atoms with E-state index in [1.54, 1.807) is 12.1 Å². The molecular weight excluding hydrogens is 425 g/mol. The number of halogens is 3. The average molecular weight is 457 g/mol. The van der Waals surface area contributed by atoms with Crippen molar-refractivity contribution in [1.82, 2.24) is 10.3 Å². The third kappa shape index (κ3) is 6.34. The lowest BCUT2D eigenvalue weighted by Gasteiger charge is -2.38. The molecular formula is C27H31F3N2O. The summed E-state index contributed by atoms with van der Waals surface area (Å²) in [7, 11) is 0. The zero-order chi connectivity index (χ0) is 24.3. The minimum Gasteiger partial charge on any atom is -0.341 e. The van der Waals surface area contributed by atoms with Crippen molar-refractivity contribution in [2.45, 2.75) is 65.1 Å². The topological polar surface area (TPSA) is 42.0 Å². The van der Waals surface area contributed by atoms with Crippen LogP contribution in [0.15, 0.2) is 71.8 Å². The second kappa shape index (κ2) is 9.54. The van der Waals surface area contributed by atoms with Crippen molar-refractivity contribution in [3.05, 3.63) is 88.8 Å². The highest BCUT2D eigenvalue weighted by molar-refractivity contribution is 5.78. The lowest BCUT2D eigenvalue weighted by atomic mass is 9.76. The number of carbonyl (C=O) groups is 1. The number of hydrogen-bond donors (Lipinski definition) is 1. The first-order valence-electron chi connectivity index (χ1n) is 11.2. The molecule has 0 radical (unpaired) electrons. The van der Waals surface area contributed by atoms with Gasteiger partial charge in [-0.15, -0.1) is 0 Å². The van der Waals surface area contributed by atoms with E-state index < -0.39 is 17.3 Å². The van der Waals surface area contributed by atoms with E-state index in [-0.39, 0.29) is 37.0 Å². The van der Waals surface area contributed by atoms with Crippen molar-refractivity contribution in [1.29, 1.82) is 0 Å². The first kappa shape index (κ1) is 24.7. The van der Waals surface area contributed by atoms with Gasteiger partial charge in [0.2, 0.25) is 5.91 Å². The Kier molecular flexibility index (Phi) is 7.15. The minimum absolute atomic E-state index is 0.0778. The number of carbonyl (C=O) groups excluding carboxylic acids is 1. The smallest absolute Gasteiger partial charge is 0.341 e. The Hall–Kier alpha value is -2.89. The van der Waals surface area contributed by atoms with Gasteiger partial charge in [0.25, 0.3) is 0 Å². The summed E-state index contributed by atoms with van der Waals surface area (Å²) >= 11 is 0. The zero-order valence-electron chi connectivity index (χ0n) is 19.6. The highest BCUT2D eigenvalue weighted by Gasteiger charge is 2.42. The first-order chi connectivity index (χ1) is 15.4. The molecule has 0 fully saturated rings. The standard InChI is InChI=1S/C27H31F3N2O/c1-19-10-8-15-23(31-19)26(17-20-11-6-5-7-12-20,32-24(33)18-25(2,3)4)21-13-9-14-22(16-21)27(28,29)30/h5-8,10-13,15-16H,9,14,17-18H2,1-4H3,(H,32,33). The fourth-order valence-corrected chi connectivity index (χ4v) is 4.19. The van der Waals surface area contributed by atoms with E-state index in [1.165, 1.54) is 6.08 Å². The number of aromatic nitrogens is 1. The Morgan fingerprint density at radius 2 is 1.73 bits per heavy atom. The van der Waals surface area contributed by atoms with E-state index in [4.69, 9.17) is 0 Å². The van der Waals surface area contributed by atoms with Gasteiger partial charge in [-0.25, -0.2) is 0 Å². The van der Waals surface area contributed by atoms with Crippen molar-refractivity contribution in [3.8, 4) is 0 Å². The summed E-state index contributed by atoms with van der Waals surface area (Å²) in [6.45, 7) is 7.70. The number of nitrogens with one attached hydrogen (secondary N) is 1. The Balaban J connectivity index is 2.21. The molecule has 1 unspecified atom stereocenters. The van der Waals surface area contributed by atoms with E-state index in [1.807, 2.05) is 70.2 Å². The van der Waals surface area contributed by atoms with Crippen LogP contribution < -0.4 is 5.32 Å². The van der Waals surface area contributed by atoms with Gasteiger partial charge in [-0.1, -0.05) is 63.2 Å². The number of amides is 1. The fraction of sp³-hybridized carbons (Fsp3) is 0.407. The van der Waals surface area contributed by atoms with Gasteiger partial charge < -0.3 is 5.32 Å². The van der Waals surface area contributed by atoms with Gasteiger partial charge in [0.15, 0.2) is 0 Å². The van der Waals surface area contributed by atoms with Crippen molar-refractivity contribution in [3.63, 3.8) is 0 Å². The molecule has 33 heavy (non-hydrogen) atoms. The van der Waals surface area contributed by atoms with E-state index in [0.29, 0.717) is 11.3 Å². The van der Waals surface area contributed by atoms with Crippen molar-refractivity contribution >= 4 is 5.91 Å². The molecule has 1 atom stereocenters. The van der Waals surface area contributed by atoms with Crippen LogP contribution in [0.5, 0.6) is 0 Å². The number of rotatable bonds is 6. The summed E-state index contributed by atoms with van der Waals surface area (Å²) in [5.41, 5.74) is 0.472. The van der Waals surface area contributed by atoms with Gasteiger partial charge >= 0.3 is 6.18 Å². The predicted molar refractivity (Wildman–Crippen MR) is 124 cm³/mol. The highest BCUT2D eigenvalue weighted by atomic mass is 19.4. The van der Waals surface area contributed by atoms with Crippen molar-refractivity contribution in [2.75, 3.05) is 0 Å². The fourth-order valence-electron chi connectivity index (χ4n) is 4.19. The number of nitrogens with zero attached hydrogens (tertiary/aromatic N) is 1. The maximum absolute atomic E-state index is 13.7. The van der Waals surface area contributed by atoms with Crippen molar-refractivity contribution in [2.24, 2.45) is 5.41 Å². The van der Waals surface area contributed by atoms with Crippen molar-refractivity contribution < 1.29 is 18.0 Å². The molecule has 0 saturated carbocycles. The molecule has 1 aliphatic rings. The normalized spacial score (nSPS) is 16.5. The van der Waals surface area contributed by atoms with Crippen LogP contribution in [0.4, 0.5) is 13.2 Å². The number of hydrogen-bond acceptors (Lipinski definition) is 2. The molecule has 0 saturated heterocycles. The maximum Gasteiger partial charge on any atom is 0.412 e. The molecule has 2 aromatic rings. The molecule has 1 aliphatic carbocycles. The third-order valence-electron chi connectivity index (χ3n) is 5.65. The molecule has 1 N–H and O–H groups in total. The number of aryl methyl sites for hydroxylation is 1. The first-order valence-corrected chi connectivity index (χ1v) is 11.2. The van der Waals surface area contributed by atoms with E-state index >= 15 is 0 Å². The molecule has 1 aromatic heterocycles. The predicted octanol–water partition coefficient (Wildman–Crippen LogP) is 6.59. The van der Waals surface area contributed by atoms with Crippen LogP contribution in [0.3, 0.4) is 0 Å². The van der Waals surface area contributed by atoms with Crippen LogP contribution in [0, 0.1) is 12.3 Å². The highest BCUT2D eigenvalue weighted by Crippen LogP contribution is 2.41. The summed E-state index contributed by atoms with van der Waals surface area (Å²) < 4.78 is 41.0. The summed E-state index contributed by atoms with van der Waals surface area (Å²) in [5, 5.41) is 3.14. The Bertz CT molecular complexity index is 1050. The van der Waals surface area contributed by atoms with Gasteiger partial charge in [0, 0.05) is 24.1 Å². The molecule has 6 heteroatoms. The largest absolute Gasteiger partial charge is 0.412 e. The number of alkyl halides is 3. The van der Waals surface area contributed by atoms with E-state index in [0.717, 1.165) is 11.3 Å².